The molecule has 0 saturated heterocycles. The Morgan fingerprint density at radius 2 is 2.10 bits per heavy atom. The van der Waals surface area contributed by atoms with Gasteiger partial charge in [0.1, 0.15) is 0 Å². The van der Waals surface area contributed by atoms with Crippen LogP contribution in [-0.4, -0.2) is 22.9 Å². The Kier molecular flexibility index (Phi) is 4.45. The maximum Gasteiger partial charge on any atom is 0.0698 e. The molecule has 108 valence electrons. The van der Waals surface area contributed by atoms with Crippen LogP contribution in [0.4, 0.5) is 5.69 Å². The molecule has 0 aliphatic carbocycles. The molecule has 2 rings (SSSR count). The van der Waals surface area contributed by atoms with Crippen molar-refractivity contribution in [2.24, 2.45) is 12.8 Å². The topological polar surface area (TPSA) is 47.1 Å². The highest BCUT2D eigenvalue weighted by atomic mass is 15.3. The van der Waals surface area contributed by atoms with E-state index < -0.39 is 0 Å². The van der Waals surface area contributed by atoms with Gasteiger partial charge in [-0.2, -0.15) is 5.10 Å². The van der Waals surface area contributed by atoms with E-state index in [-0.39, 0.29) is 6.04 Å². The molecule has 0 bridgehead atoms. The van der Waals surface area contributed by atoms with E-state index in [0.717, 1.165) is 12.2 Å². The number of nitrogens with two attached hydrogens (primary N) is 1. The molecule has 2 N–H and O–H groups in total. The third-order valence-corrected chi connectivity index (χ3v) is 3.68. The van der Waals surface area contributed by atoms with Crippen LogP contribution >= 0.6 is 0 Å². The number of anilines is 1. The highest BCUT2D eigenvalue weighted by molar-refractivity contribution is 5.51. The van der Waals surface area contributed by atoms with Crippen molar-refractivity contribution in [2.45, 2.75) is 26.8 Å². The summed E-state index contributed by atoms with van der Waals surface area (Å²) in [5.74, 6) is 0. The lowest BCUT2D eigenvalue weighted by Gasteiger charge is -2.32. The van der Waals surface area contributed by atoms with Gasteiger partial charge in [-0.05, 0) is 38.5 Å². The van der Waals surface area contributed by atoms with E-state index in [1.807, 2.05) is 18.7 Å². The molecule has 20 heavy (non-hydrogen) atoms. The van der Waals surface area contributed by atoms with Gasteiger partial charge in [0.15, 0.2) is 0 Å². The van der Waals surface area contributed by atoms with E-state index in [2.05, 4.69) is 54.3 Å². The van der Waals surface area contributed by atoms with E-state index in [0.29, 0.717) is 6.54 Å². The largest absolute Gasteiger partial charge is 0.363 e. The third-order valence-electron chi connectivity index (χ3n) is 3.68. The molecule has 1 unspecified atom stereocenters. The summed E-state index contributed by atoms with van der Waals surface area (Å²) in [6.45, 7) is 7.82. The fourth-order valence-corrected chi connectivity index (χ4v) is 2.76. The van der Waals surface area contributed by atoms with Gasteiger partial charge in [0.2, 0.25) is 0 Å². The standard InChI is InChI=1S/C16H24N4/c1-5-20(14-8-6-7-12(2)9-14)16(10-17)15-11-19(4)18-13(15)3/h6-9,11,16H,5,10,17H2,1-4H3. The van der Waals surface area contributed by atoms with Crippen molar-refractivity contribution in [3.8, 4) is 0 Å². The number of benzene rings is 1. The van der Waals surface area contributed by atoms with Gasteiger partial charge in [-0.15, -0.1) is 0 Å². The summed E-state index contributed by atoms with van der Waals surface area (Å²) in [5.41, 5.74) is 10.8. The summed E-state index contributed by atoms with van der Waals surface area (Å²) in [5, 5.41) is 4.44. The SMILES string of the molecule is CCN(c1cccc(C)c1)C(CN)c1cn(C)nc1C. The Morgan fingerprint density at radius 3 is 2.60 bits per heavy atom. The summed E-state index contributed by atoms with van der Waals surface area (Å²) < 4.78 is 1.86. The summed E-state index contributed by atoms with van der Waals surface area (Å²) in [7, 11) is 1.95. The predicted molar refractivity (Wildman–Crippen MR) is 83.9 cm³/mol. The van der Waals surface area contributed by atoms with Gasteiger partial charge in [0.05, 0.1) is 11.7 Å². The number of nitrogens with zero attached hydrogens (tertiary/aromatic N) is 3. The molecule has 1 aromatic carbocycles. The van der Waals surface area contributed by atoms with Crippen molar-refractivity contribution in [3.05, 3.63) is 47.3 Å². The van der Waals surface area contributed by atoms with Gasteiger partial charge < -0.3 is 10.6 Å². The van der Waals surface area contributed by atoms with E-state index in [9.17, 15) is 0 Å². The Balaban J connectivity index is 2.40. The van der Waals surface area contributed by atoms with Crippen molar-refractivity contribution in [3.63, 3.8) is 0 Å². The molecule has 0 saturated carbocycles. The Morgan fingerprint density at radius 1 is 1.35 bits per heavy atom. The minimum atomic E-state index is 0.162. The molecule has 1 atom stereocenters. The molecule has 4 nitrogen and oxygen atoms in total. The van der Waals surface area contributed by atoms with Crippen LogP contribution in [0.2, 0.25) is 0 Å². The Hall–Kier alpha value is -1.81. The van der Waals surface area contributed by atoms with E-state index in [4.69, 9.17) is 5.73 Å². The zero-order chi connectivity index (χ0) is 14.7. The lowest BCUT2D eigenvalue weighted by Crippen LogP contribution is -2.34. The minimum absolute atomic E-state index is 0.162. The molecule has 0 aliphatic rings. The first kappa shape index (κ1) is 14.6. The molecule has 0 aliphatic heterocycles. The van der Waals surface area contributed by atoms with Crippen LogP contribution in [0.5, 0.6) is 0 Å². The van der Waals surface area contributed by atoms with Crippen LogP contribution in [0, 0.1) is 13.8 Å². The molecule has 1 aromatic heterocycles. The van der Waals surface area contributed by atoms with Crippen LogP contribution in [-0.2, 0) is 7.05 Å². The first-order valence-electron chi connectivity index (χ1n) is 7.10. The number of aryl methyl sites for hydroxylation is 3. The molecule has 2 aromatic rings. The van der Waals surface area contributed by atoms with Crippen molar-refractivity contribution < 1.29 is 0 Å². The van der Waals surface area contributed by atoms with Crippen LogP contribution in [0.25, 0.3) is 0 Å². The number of rotatable bonds is 5. The fourth-order valence-electron chi connectivity index (χ4n) is 2.76. The number of aromatic nitrogens is 2. The van der Waals surface area contributed by atoms with Gasteiger partial charge in [0.25, 0.3) is 0 Å². The predicted octanol–water partition coefficient (Wildman–Crippen LogP) is 2.56. The van der Waals surface area contributed by atoms with Crippen molar-refractivity contribution in [1.82, 2.24) is 9.78 Å². The van der Waals surface area contributed by atoms with Crippen LogP contribution in [0.3, 0.4) is 0 Å². The summed E-state index contributed by atoms with van der Waals surface area (Å²) in [4.78, 5) is 2.34. The highest BCUT2D eigenvalue weighted by Crippen LogP contribution is 2.28. The van der Waals surface area contributed by atoms with Crippen molar-refractivity contribution in [2.75, 3.05) is 18.0 Å². The second kappa shape index (κ2) is 6.09. The quantitative estimate of drug-likeness (QED) is 0.910. The molecule has 0 amide bonds. The molecular weight excluding hydrogens is 248 g/mol. The van der Waals surface area contributed by atoms with Crippen LogP contribution in [0.15, 0.2) is 30.5 Å². The van der Waals surface area contributed by atoms with Gasteiger partial charge in [-0.1, -0.05) is 12.1 Å². The van der Waals surface area contributed by atoms with E-state index in [1.54, 1.807) is 0 Å². The average Bonchev–Trinajstić information content (AvgIpc) is 2.74. The maximum atomic E-state index is 6.06. The normalized spacial score (nSPS) is 12.4. The van der Waals surface area contributed by atoms with E-state index in [1.165, 1.54) is 16.8 Å². The molecule has 0 fully saturated rings. The van der Waals surface area contributed by atoms with Crippen LogP contribution < -0.4 is 10.6 Å². The first-order valence-corrected chi connectivity index (χ1v) is 7.10. The first-order chi connectivity index (χ1) is 9.56. The summed E-state index contributed by atoms with van der Waals surface area (Å²) in [6, 6.07) is 8.72. The maximum absolute atomic E-state index is 6.06. The summed E-state index contributed by atoms with van der Waals surface area (Å²) >= 11 is 0. The van der Waals surface area contributed by atoms with Gasteiger partial charge in [0, 0.05) is 37.6 Å². The second-order valence-corrected chi connectivity index (χ2v) is 5.22. The lowest BCUT2D eigenvalue weighted by atomic mass is 10.0. The molecular formula is C16H24N4. The van der Waals surface area contributed by atoms with Crippen molar-refractivity contribution >= 4 is 5.69 Å². The molecule has 1 heterocycles. The minimum Gasteiger partial charge on any atom is -0.363 e. The van der Waals surface area contributed by atoms with Gasteiger partial charge in [-0.25, -0.2) is 0 Å². The number of hydrogen-bond donors (Lipinski definition) is 1. The Bertz CT molecular complexity index is 574. The Labute approximate surface area is 121 Å². The molecule has 0 spiro atoms. The number of hydrogen-bond acceptors (Lipinski definition) is 3. The zero-order valence-corrected chi connectivity index (χ0v) is 12.8. The zero-order valence-electron chi connectivity index (χ0n) is 12.8. The summed E-state index contributed by atoms with van der Waals surface area (Å²) in [6.07, 6.45) is 2.07. The highest BCUT2D eigenvalue weighted by Gasteiger charge is 2.21. The average molecular weight is 272 g/mol. The monoisotopic (exact) mass is 272 g/mol. The fraction of sp³-hybridized carbons (Fsp3) is 0.438. The smallest absolute Gasteiger partial charge is 0.0698 e. The number of likely N-dealkylation sites (N-methyl/N-ethyl adjacent to an activating group) is 1. The third kappa shape index (κ3) is 2.85. The second-order valence-electron chi connectivity index (χ2n) is 5.22. The molecule has 0 radical (unpaired) electrons. The molecule has 4 heteroatoms. The lowest BCUT2D eigenvalue weighted by molar-refractivity contribution is 0.639. The van der Waals surface area contributed by atoms with Crippen molar-refractivity contribution in [1.29, 1.82) is 0 Å². The van der Waals surface area contributed by atoms with Gasteiger partial charge >= 0.3 is 0 Å². The van der Waals surface area contributed by atoms with Crippen LogP contribution in [0.1, 0.15) is 29.8 Å². The van der Waals surface area contributed by atoms with Gasteiger partial charge in [-0.3, -0.25) is 4.68 Å². The van der Waals surface area contributed by atoms with E-state index >= 15 is 0 Å².